The number of nitrogens with one attached hydrogen (secondary N) is 1. The second-order valence-electron chi connectivity index (χ2n) is 6.38. The van der Waals surface area contributed by atoms with Crippen LogP contribution in [0.15, 0.2) is 47.5 Å². The van der Waals surface area contributed by atoms with Gasteiger partial charge in [-0.2, -0.15) is 0 Å². The van der Waals surface area contributed by atoms with Crippen molar-refractivity contribution in [1.29, 1.82) is 0 Å². The van der Waals surface area contributed by atoms with Crippen molar-refractivity contribution in [3.63, 3.8) is 0 Å². The minimum atomic E-state index is -0.0351. The highest BCUT2D eigenvalue weighted by Crippen LogP contribution is 2.25. The van der Waals surface area contributed by atoms with Crippen molar-refractivity contribution in [1.82, 2.24) is 14.5 Å². The van der Waals surface area contributed by atoms with Crippen molar-refractivity contribution in [3.05, 3.63) is 69.8 Å². The predicted molar refractivity (Wildman–Crippen MR) is 111 cm³/mol. The molecule has 0 radical (unpaired) electrons. The van der Waals surface area contributed by atoms with Crippen LogP contribution in [0.4, 0.5) is 0 Å². The summed E-state index contributed by atoms with van der Waals surface area (Å²) in [4.78, 5) is 20.6. The van der Waals surface area contributed by atoms with Gasteiger partial charge in [-0.3, -0.25) is 4.79 Å². The number of benzene rings is 1. The van der Waals surface area contributed by atoms with Crippen LogP contribution in [0.5, 0.6) is 5.75 Å². The van der Waals surface area contributed by atoms with Crippen LogP contribution < -0.4 is 10.3 Å². The number of aromatic nitrogens is 3. The van der Waals surface area contributed by atoms with Gasteiger partial charge in [0.15, 0.2) is 0 Å². The van der Waals surface area contributed by atoms with E-state index >= 15 is 0 Å². The van der Waals surface area contributed by atoms with E-state index in [1.165, 1.54) is 0 Å². The van der Waals surface area contributed by atoms with Crippen molar-refractivity contribution < 1.29 is 4.74 Å². The van der Waals surface area contributed by atoms with Crippen LogP contribution in [0.2, 0.25) is 0 Å². The van der Waals surface area contributed by atoms with E-state index in [2.05, 4.69) is 16.0 Å². The summed E-state index contributed by atoms with van der Waals surface area (Å²) in [6, 6.07) is 9.83. The summed E-state index contributed by atoms with van der Waals surface area (Å²) >= 11 is 0. The molecule has 3 aromatic heterocycles. The van der Waals surface area contributed by atoms with Crippen molar-refractivity contribution >= 4 is 21.9 Å². The third-order valence-electron chi connectivity index (χ3n) is 4.52. The molecule has 3 heterocycles. The quantitative estimate of drug-likeness (QED) is 0.580. The van der Waals surface area contributed by atoms with E-state index in [4.69, 9.17) is 4.74 Å². The molecule has 140 valence electrons. The Morgan fingerprint density at radius 1 is 1.15 bits per heavy atom. The van der Waals surface area contributed by atoms with Crippen LogP contribution >= 0.6 is 0 Å². The average molecular weight is 363 g/mol. The van der Waals surface area contributed by atoms with Gasteiger partial charge in [-0.25, -0.2) is 4.98 Å². The Kier molecular flexibility index (Phi) is 5.31. The minimum absolute atomic E-state index is 0.0351. The zero-order valence-corrected chi connectivity index (χ0v) is 16.5. The standard InChI is InChI=1S/C20H19N3O2.C2H6/c1-12-8-16-17-13(2)10-23(11-14-4-6-15(25-3)7-5-14)20(24)18(17)22-19(16)21-9-12;1-2/h4-10H,11H2,1-3H3,(H,21,22);1-2H3. The monoisotopic (exact) mass is 363 g/mol. The summed E-state index contributed by atoms with van der Waals surface area (Å²) in [5.74, 6) is 0.805. The van der Waals surface area contributed by atoms with Gasteiger partial charge in [0, 0.05) is 23.2 Å². The van der Waals surface area contributed by atoms with E-state index in [1.807, 2.05) is 64.4 Å². The molecule has 5 heteroatoms. The lowest BCUT2D eigenvalue weighted by molar-refractivity contribution is 0.414. The van der Waals surface area contributed by atoms with Crippen molar-refractivity contribution in [2.24, 2.45) is 0 Å². The molecule has 27 heavy (non-hydrogen) atoms. The lowest BCUT2D eigenvalue weighted by Crippen LogP contribution is -2.21. The van der Waals surface area contributed by atoms with E-state index in [0.717, 1.165) is 38.9 Å². The molecule has 1 N–H and O–H groups in total. The highest BCUT2D eigenvalue weighted by atomic mass is 16.5. The molecule has 0 bridgehead atoms. The van der Waals surface area contributed by atoms with Gasteiger partial charge in [-0.1, -0.05) is 26.0 Å². The van der Waals surface area contributed by atoms with Crippen molar-refractivity contribution in [3.8, 4) is 5.75 Å². The molecule has 4 rings (SSSR count). The normalized spacial score (nSPS) is 10.7. The largest absolute Gasteiger partial charge is 0.497 e. The number of rotatable bonds is 3. The van der Waals surface area contributed by atoms with Gasteiger partial charge >= 0.3 is 0 Å². The fraction of sp³-hybridized carbons (Fsp3) is 0.273. The molecule has 0 atom stereocenters. The predicted octanol–water partition coefficient (Wildman–Crippen LogP) is 4.58. The molecular formula is C22H25N3O2. The Balaban J connectivity index is 0.00000102. The van der Waals surface area contributed by atoms with E-state index in [1.54, 1.807) is 11.7 Å². The van der Waals surface area contributed by atoms with Crippen LogP contribution in [0.1, 0.15) is 30.5 Å². The summed E-state index contributed by atoms with van der Waals surface area (Å²) in [6.45, 7) is 8.55. The number of H-pyrrole nitrogens is 1. The van der Waals surface area contributed by atoms with Gasteiger partial charge in [-0.15, -0.1) is 0 Å². The molecule has 4 aromatic rings. The van der Waals surface area contributed by atoms with Crippen LogP contribution in [0.3, 0.4) is 0 Å². The van der Waals surface area contributed by atoms with Crippen molar-refractivity contribution in [2.75, 3.05) is 7.11 Å². The molecule has 0 saturated heterocycles. The van der Waals surface area contributed by atoms with Gasteiger partial charge in [-0.05, 0) is 48.7 Å². The molecule has 0 amide bonds. The number of pyridine rings is 2. The Morgan fingerprint density at radius 3 is 2.52 bits per heavy atom. The number of nitrogens with zero attached hydrogens (tertiary/aromatic N) is 2. The maximum absolute atomic E-state index is 12.9. The SMILES string of the molecule is CC.COc1ccc(Cn2cc(C)c3c([nH]c4ncc(C)cc43)c2=O)cc1. The topological polar surface area (TPSA) is 59.9 Å². The molecule has 5 nitrogen and oxygen atoms in total. The Morgan fingerprint density at radius 2 is 1.85 bits per heavy atom. The first-order chi connectivity index (χ1) is 13.1. The molecule has 0 aliphatic rings. The Labute approximate surface area is 158 Å². The number of ether oxygens (including phenoxy) is 1. The lowest BCUT2D eigenvalue weighted by Gasteiger charge is -2.09. The molecule has 0 spiro atoms. The number of aryl methyl sites for hydroxylation is 2. The maximum Gasteiger partial charge on any atom is 0.275 e. The van der Waals surface area contributed by atoms with Crippen LogP contribution in [-0.2, 0) is 6.54 Å². The van der Waals surface area contributed by atoms with Crippen molar-refractivity contribution in [2.45, 2.75) is 34.2 Å². The third kappa shape index (κ3) is 3.45. The van der Waals surface area contributed by atoms with E-state index in [9.17, 15) is 4.79 Å². The number of fused-ring (bicyclic) bond motifs is 3. The Hall–Kier alpha value is -3.08. The smallest absolute Gasteiger partial charge is 0.275 e. The summed E-state index contributed by atoms with van der Waals surface area (Å²) in [5.41, 5.74) is 4.51. The summed E-state index contributed by atoms with van der Waals surface area (Å²) in [5, 5.41) is 1.96. The van der Waals surface area contributed by atoms with Gasteiger partial charge in [0.2, 0.25) is 0 Å². The molecule has 0 unspecified atom stereocenters. The fourth-order valence-electron chi connectivity index (χ4n) is 3.29. The van der Waals surface area contributed by atoms with E-state index < -0.39 is 0 Å². The highest BCUT2D eigenvalue weighted by Gasteiger charge is 2.13. The molecular weight excluding hydrogens is 338 g/mol. The van der Waals surface area contributed by atoms with E-state index in [-0.39, 0.29) is 5.56 Å². The van der Waals surface area contributed by atoms with Crippen LogP contribution in [0.25, 0.3) is 21.9 Å². The first kappa shape index (κ1) is 18.7. The molecule has 1 aromatic carbocycles. The summed E-state index contributed by atoms with van der Waals surface area (Å²) in [6.07, 6.45) is 3.73. The van der Waals surface area contributed by atoms with E-state index in [0.29, 0.717) is 12.1 Å². The Bertz CT molecular complexity index is 1140. The second-order valence-corrected chi connectivity index (χ2v) is 6.38. The molecule has 0 aliphatic carbocycles. The highest BCUT2D eigenvalue weighted by molar-refractivity contribution is 6.07. The van der Waals surface area contributed by atoms with Gasteiger partial charge in [0.05, 0.1) is 13.7 Å². The lowest BCUT2D eigenvalue weighted by atomic mass is 10.1. The number of aromatic amines is 1. The maximum atomic E-state index is 12.9. The van der Waals surface area contributed by atoms with Gasteiger partial charge < -0.3 is 14.3 Å². The molecule has 0 aliphatic heterocycles. The fourth-order valence-corrected chi connectivity index (χ4v) is 3.29. The summed E-state index contributed by atoms with van der Waals surface area (Å²) < 4.78 is 6.92. The zero-order chi connectivity index (χ0) is 19.6. The summed E-state index contributed by atoms with van der Waals surface area (Å²) in [7, 11) is 1.64. The third-order valence-corrected chi connectivity index (χ3v) is 4.52. The molecule has 0 saturated carbocycles. The number of hydrogen-bond acceptors (Lipinski definition) is 3. The first-order valence-electron chi connectivity index (χ1n) is 9.18. The molecule has 0 fully saturated rings. The first-order valence-corrected chi connectivity index (χ1v) is 9.18. The van der Waals surface area contributed by atoms with Crippen LogP contribution in [-0.4, -0.2) is 21.6 Å². The second kappa shape index (κ2) is 7.66. The minimum Gasteiger partial charge on any atom is -0.497 e. The number of hydrogen-bond donors (Lipinski definition) is 1. The van der Waals surface area contributed by atoms with Gasteiger partial charge in [0.25, 0.3) is 5.56 Å². The zero-order valence-electron chi connectivity index (χ0n) is 16.5. The number of methoxy groups -OCH3 is 1. The van der Waals surface area contributed by atoms with Crippen LogP contribution in [0, 0.1) is 13.8 Å². The van der Waals surface area contributed by atoms with Gasteiger partial charge in [0.1, 0.15) is 16.9 Å². The average Bonchev–Trinajstić information content (AvgIpc) is 3.07.